The highest BCUT2D eigenvalue weighted by Gasteiger charge is 2.21. The highest BCUT2D eigenvalue weighted by atomic mass is 35.5. The number of halogens is 2. The molecule has 1 saturated heterocycles. The van der Waals surface area contributed by atoms with Gasteiger partial charge in [-0.2, -0.15) is 0 Å². The molecule has 1 aliphatic heterocycles. The van der Waals surface area contributed by atoms with Gasteiger partial charge in [-0.3, -0.25) is 4.79 Å². The van der Waals surface area contributed by atoms with Gasteiger partial charge in [-0.1, -0.05) is 6.42 Å². The van der Waals surface area contributed by atoms with Gasteiger partial charge in [0, 0.05) is 5.56 Å². The smallest absolute Gasteiger partial charge is 0.179 e. The van der Waals surface area contributed by atoms with Gasteiger partial charge in [-0.15, -0.1) is 12.4 Å². The molecule has 2 nitrogen and oxygen atoms in total. The summed E-state index contributed by atoms with van der Waals surface area (Å²) in [5, 5.41) is 3.19. The lowest BCUT2D eigenvalue weighted by Gasteiger charge is -2.22. The molecule has 0 spiro atoms. The molecule has 1 aromatic carbocycles. The van der Waals surface area contributed by atoms with Crippen molar-refractivity contribution in [3.63, 3.8) is 0 Å². The van der Waals surface area contributed by atoms with E-state index in [1.54, 1.807) is 12.1 Å². The second-order valence-electron chi connectivity index (χ2n) is 3.87. The van der Waals surface area contributed by atoms with Crippen LogP contribution in [0.1, 0.15) is 29.6 Å². The van der Waals surface area contributed by atoms with E-state index >= 15 is 0 Å². The van der Waals surface area contributed by atoms with E-state index < -0.39 is 0 Å². The fourth-order valence-electron chi connectivity index (χ4n) is 1.89. The van der Waals surface area contributed by atoms with Crippen LogP contribution in [0, 0.1) is 5.82 Å². The van der Waals surface area contributed by atoms with E-state index in [1.165, 1.54) is 12.1 Å². The summed E-state index contributed by atoms with van der Waals surface area (Å²) in [4.78, 5) is 11.9. The minimum atomic E-state index is -0.303. The number of carbonyl (C=O) groups excluding carboxylic acids is 1. The monoisotopic (exact) mass is 243 g/mol. The Kier molecular flexibility index (Phi) is 4.90. The molecule has 1 fully saturated rings. The molecule has 16 heavy (non-hydrogen) atoms. The van der Waals surface area contributed by atoms with Gasteiger partial charge in [0.15, 0.2) is 5.78 Å². The number of rotatable bonds is 2. The Morgan fingerprint density at radius 3 is 2.50 bits per heavy atom. The topological polar surface area (TPSA) is 29.1 Å². The summed E-state index contributed by atoms with van der Waals surface area (Å²) in [6.45, 7) is 0.900. The molecule has 0 amide bonds. The lowest BCUT2D eigenvalue weighted by molar-refractivity contribution is 0.0927. The number of benzene rings is 1. The van der Waals surface area contributed by atoms with Crippen molar-refractivity contribution >= 4 is 18.2 Å². The number of piperidine rings is 1. The predicted octanol–water partition coefficient (Wildman–Crippen LogP) is 2.57. The number of hydrogen-bond acceptors (Lipinski definition) is 2. The molecule has 0 radical (unpaired) electrons. The van der Waals surface area contributed by atoms with E-state index in [0.717, 1.165) is 25.8 Å². The van der Waals surface area contributed by atoms with Crippen LogP contribution in [0.2, 0.25) is 0 Å². The molecular formula is C12H15ClFNO. The Labute approximate surface area is 101 Å². The van der Waals surface area contributed by atoms with Crippen LogP contribution in [-0.2, 0) is 0 Å². The van der Waals surface area contributed by atoms with Crippen molar-refractivity contribution in [3.05, 3.63) is 35.6 Å². The van der Waals surface area contributed by atoms with Gasteiger partial charge in [-0.05, 0) is 43.7 Å². The zero-order valence-electron chi connectivity index (χ0n) is 8.91. The Morgan fingerprint density at radius 2 is 1.94 bits per heavy atom. The van der Waals surface area contributed by atoms with Crippen molar-refractivity contribution in [3.8, 4) is 0 Å². The molecule has 0 aromatic heterocycles. The van der Waals surface area contributed by atoms with E-state index in [2.05, 4.69) is 5.32 Å². The van der Waals surface area contributed by atoms with Gasteiger partial charge in [0.25, 0.3) is 0 Å². The molecule has 1 N–H and O–H groups in total. The fourth-order valence-corrected chi connectivity index (χ4v) is 1.89. The average Bonchev–Trinajstić information content (AvgIpc) is 2.30. The van der Waals surface area contributed by atoms with Gasteiger partial charge in [0.2, 0.25) is 0 Å². The highest BCUT2D eigenvalue weighted by Crippen LogP contribution is 2.13. The molecular weight excluding hydrogens is 229 g/mol. The number of hydrogen-bond donors (Lipinski definition) is 1. The Balaban J connectivity index is 0.00000128. The quantitative estimate of drug-likeness (QED) is 0.809. The first-order valence-electron chi connectivity index (χ1n) is 5.30. The molecule has 0 saturated carbocycles. The molecule has 88 valence electrons. The van der Waals surface area contributed by atoms with Crippen molar-refractivity contribution in [2.24, 2.45) is 0 Å². The van der Waals surface area contributed by atoms with Crippen molar-refractivity contribution in [2.75, 3.05) is 6.54 Å². The summed E-state index contributed by atoms with van der Waals surface area (Å²) >= 11 is 0. The van der Waals surface area contributed by atoms with Gasteiger partial charge < -0.3 is 5.32 Å². The normalized spacial score (nSPS) is 19.9. The third-order valence-corrected chi connectivity index (χ3v) is 2.76. The second-order valence-corrected chi connectivity index (χ2v) is 3.87. The molecule has 1 aromatic rings. The highest BCUT2D eigenvalue weighted by molar-refractivity contribution is 6.00. The number of carbonyl (C=O) groups is 1. The summed E-state index contributed by atoms with van der Waals surface area (Å²) in [6.07, 6.45) is 3.11. The zero-order valence-corrected chi connectivity index (χ0v) is 9.73. The molecule has 1 atom stereocenters. The maximum atomic E-state index is 12.7. The lowest BCUT2D eigenvalue weighted by Crippen LogP contribution is -2.40. The van der Waals surface area contributed by atoms with Gasteiger partial charge in [0.1, 0.15) is 5.82 Å². The van der Waals surface area contributed by atoms with Gasteiger partial charge >= 0.3 is 0 Å². The summed E-state index contributed by atoms with van der Waals surface area (Å²) < 4.78 is 12.7. The van der Waals surface area contributed by atoms with E-state index in [9.17, 15) is 9.18 Å². The summed E-state index contributed by atoms with van der Waals surface area (Å²) in [5.41, 5.74) is 0.593. The SMILES string of the molecule is Cl.O=C(c1ccc(F)cc1)C1CCCCN1. The van der Waals surface area contributed by atoms with Crippen LogP contribution in [0.4, 0.5) is 4.39 Å². The van der Waals surface area contributed by atoms with E-state index in [4.69, 9.17) is 0 Å². The van der Waals surface area contributed by atoms with Crippen LogP contribution in [0.25, 0.3) is 0 Å². The number of ketones is 1. The first kappa shape index (κ1) is 13.1. The average molecular weight is 244 g/mol. The van der Waals surface area contributed by atoms with Crippen LogP contribution in [0.5, 0.6) is 0 Å². The first-order chi connectivity index (χ1) is 7.27. The van der Waals surface area contributed by atoms with Crippen molar-refractivity contribution in [1.82, 2.24) is 5.32 Å². The second kappa shape index (κ2) is 5.97. The Hall–Kier alpha value is -0.930. The third kappa shape index (κ3) is 3.03. The molecule has 1 unspecified atom stereocenters. The molecule has 1 heterocycles. The zero-order chi connectivity index (χ0) is 10.7. The van der Waals surface area contributed by atoms with Gasteiger partial charge in [-0.25, -0.2) is 4.39 Å². The van der Waals surface area contributed by atoms with E-state index in [1.807, 2.05) is 0 Å². The number of Topliss-reactive ketones (excluding diaryl/α,β-unsaturated/α-hetero) is 1. The van der Waals surface area contributed by atoms with Crippen LogP contribution in [0.15, 0.2) is 24.3 Å². The first-order valence-corrected chi connectivity index (χ1v) is 5.30. The van der Waals surface area contributed by atoms with Crippen LogP contribution >= 0.6 is 12.4 Å². The maximum absolute atomic E-state index is 12.7. The van der Waals surface area contributed by atoms with Crippen molar-refractivity contribution < 1.29 is 9.18 Å². The molecule has 4 heteroatoms. The summed E-state index contributed by atoms with van der Waals surface area (Å²) in [6, 6.07) is 5.68. The molecule has 0 bridgehead atoms. The van der Waals surface area contributed by atoms with Gasteiger partial charge in [0.05, 0.1) is 6.04 Å². The van der Waals surface area contributed by atoms with Crippen molar-refractivity contribution in [2.45, 2.75) is 25.3 Å². The lowest BCUT2D eigenvalue weighted by atomic mass is 9.96. The largest absolute Gasteiger partial charge is 0.307 e. The maximum Gasteiger partial charge on any atom is 0.179 e. The van der Waals surface area contributed by atoms with Crippen LogP contribution < -0.4 is 5.32 Å². The fraction of sp³-hybridized carbons (Fsp3) is 0.417. The Bertz CT molecular complexity index is 347. The summed E-state index contributed by atoms with van der Waals surface area (Å²) in [5.74, 6) is -0.224. The van der Waals surface area contributed by atoms with Crippen LogP contribution in [-0.4, -0.2) is 18.4 Å². The standard InChI is InChI=1S/C12H14FNO.ClH/c13-10-6-4-9(5-7-10)12(15)11-3-1-2-8-14-11;/h4-7,11,14H,1-3,8H2;1H. The predicted molar refractivity (Wildman–Crippen MR) is 63.6 cm³/mol. The van der Waals surface area contributed by atoms with E-state index in [0.29, 0.717) is 5.56 Å². The third-order valence-electron chi connectivity index (χ3n) is 2.76. The van der Waals surface area contributed by atoms with E-state index in [-0.39, 0.29) is 30.0 Å². The molecule has 1 aliphatic rings. The minimum absolute atomic E-state index is 0. The van der Waals surface area contributed by atoms with Crippen LogP contribution in [0.3, 0.4) is 0 Å². The van der Waals surface area contributed by atoms with Crippen molar-refractivity contribution in [1.29, 1.82) is 0 Å². The minimum Gasteiger partial charge on any atom is -0.307 e. The molecule has 2 rings (SSSR count). The summed E-state index contributed by atoms with van der Waals surface area (Å²) in [7, 11) is 0. The number of nitrogens with one attached hydrogen (secondary N) is 1. The molecule has 0 aliphatic carbocycles. The Morgan fingerprint density at radius 1 is 1.25 bits per heavy atom.